The van der Waals surface area contributed by atoms with E-state index in [2.05, 4.69) is 87.9 Å². The summed E-state index contributed by atoms with van der Waals surface area (Å²) in [6.45, 7) is 6.90. The summed E-state index contributed by atoms with van der Waals surface area (Å²) in [4.78, 5) is 14.2. The fraction of sp³-hybridized carbons (Fsp3) is 0.320. The van der Waals surface area contributed by atoms with Gasteiger partial charge in [0.05, 0.1) is 6.33 Å². The summed E-state index contributed by atoms with van der Waals surface area (Å²) in [6, 6.07) is 19.7. The highest BCUT2D eigenvalue weighted by molar-refractivity contribution is 5.84. The van der Waals surface area contributed by atoms with Crippen LogP contribution in [0.15, 0.2) is 60.9 Å². The first kappa shape index (κ1) is 20.5. The van der Waals surface area contributed by atoms with Crippen molar-refractivity contribution in [3.8, 4) is 11.1 Å². The van der Waals surface area contributed by atoms with Crippen LogP contribution < -0.4 is 16.0 Å². The Bertz CT molecular complexity index is 1180. The molecule has 1 fully saturated rings. The molecule has 0 saturated carbocycles. The van der Waals surface area contributed by atoms with Crippen molar-refractivity contribution in [1.82, 2.24) is 24.8 Å². The predicted molar refractivity (Wildman–Crippen MR) is 130 cm³/mol. The van der Waals surface area contributed by atoms with Gasteiger partial charge >= 0.3 is 0 Å². The molecule has 7 heteroatoms. The zero-order chi connectivity index (χ0) is 21.9. The standard InChI is InChI=1S/C25H29N7/c1-17(2)32-16-28-22-23(30-25(31-24(22)32)29-21-12-13-26-15-21)27-14-18-8-10-20(11-9-18)19-6-4-3-5-7-19/h3-11,16-17,21,26H,12-15H2,1-2H3,(H2,27,29,30,31)/t21-/m1/s1. The van der Waals surface area contributed by atoms with Crippen molar-refractivity contribution < 1.29 is 0 Å². The molecule has 1 saturated heterocycles. The molecule has 3 N–H and O–H groups in total. The normalized spacial score (nSPS) is 16.0. The van der Waals surface area contributed by atoms with Crippen LogP contribution in [0.1, 0.15) is 31.9 Å². The van der Waals surface area contributed by atoms with Crippen molar-refractivity contribution in [3.05, 3.63) is 66.5 Å². The van der Waals surface area contributed by atoms with Gasteiger partial charge < -0.3 is 20.5 Å². The first-order valence-corrected chi connectivity index (χ1v) is 11.3. The average Bonchev–Trinajstić information content (AvgIpc) is 3.48. The van der Waals surface area contributed by atoms with Crippen molar-refractivity contribution in [2.75, 3.05) is 23.7 Å². The van der Waals surface area contributed by atoms with Gasteiger partial charge in [-0.15, -0.1) is 0 Å². The van der Waals surface area contributed by atoms with E-state index < -0.39 is 0 Å². The molecule has 0 spiro atoms. The third-order valence-corrected chi connectivity index (χ3v) is 5.89. The Labute approximate surface area is 188 Å². The van der Waals surface area contributed by atoms with Crippen LogP contribution in [0.25, 0.3) is 22.3 Å². The van der Waals surface area contributed by atoms with Gasteiger partial charge in [-0.2, -0.15) is 9.97 Å². The molecule has 1 atom stereocenters. The zero-order valence-corrected chi connectivity index (χ0v) is 18.5. The summed E-state index contributed by atoms with van der Waals surface area (Å²) in [5, 5.41) is 10.4. The summed E-state index contributed by atoms with van der Waals surface area (Å²) < 4.78 is 2.09. The number of nitrogens with one attached hydrogen (secondary N) is 3. The minimum absolute atomic E-state index is 0.272. The molecule has 2 aromatic carbocycles. The van der Waals surface area contributed by atoms with E-state index in [9.17, 15) is 0 Å². The highest BCUT2D eigenvalue weighted by atomic mass is 15.2. The topological polar surface area (TPSA) is 79.7 Å². The van der Waals surface area contributed by atoms with E-state index in [4.69, 9.17) is 9.97 Å². The van der Waals surface area contributed by atoms with E-state index in [1.165, 1.54) is 16.7 Å². The lowest BCUT2D eigenvalue weighted by molar-refractivity contribution is 0.612. The van der Waals surface area contributed by atoms with E-state index in [0.29, 0.717) is 18.5 Å². The molecule has 0 bridgehead atoms. The lowest BCUT2D eigenvalue weighted by Gasteiger charge is -2.15. The van der Waals surface area contributed by atoms with Gasteiger partial charge in [-0.25, -0.2) is 4.98 Å². The first-order chi connectivity index (χ1) is 15.7. The van der Waals surface area contributed by atoms with Gasteiger partial charge in [-0.1, -0.05) is 54.6 Å². The molecule has 7 nitrogen and oxygen atoms in total. The molecule has 0 radical (unpaired) electrons. The maximum atomic E-state index is 4.79. The van der Waals surface area contributed by atoms with Gasteiger partial charge in [0, 0.05) is 25.2 Å². The summed E-state index contributed by atoms with van der Waals surface area (Å²) in [6.07, 6.45) is 2.92. The molecule has 3 heterocycles. The van der Waals surface area contributed by atoms with Gasteiger partial charge in [-0.05, 0) is 43.5 Å². The Hall–Kier alpha value is -3.45. The number of rotatable bonds is 7. The molecular weight excluding hydrogens is 398 g/mol. The highest BCUT2D eigenvalue weighted by Gasteiger charge is 2.19. The van der Waals surface area contributed by atoms with Crippen LogP contribution >= 0.6 is 0 Å². The SMILES string of the molecule is CC(C)n1cnc2c(NCc3ccc(-c4ccccc4)cc3)nc(N[C@@H]3CCNC3)nc21. The van der Waals surface area contributed by atoms with E-state index in [1.807, 2.05) is 12.4 Å². The minimum atomic E-state index is 0.272. The van der Waals surface area contributed by atoms with Gasteiger partial charge in [-0.3, -0.25) is 0 Å². The Morgan fingerprint density at radius 3 is 2.53 bits per heavy atom. The number of hydrogen-bond donors (Lipinski definition) is 3. The van der Waals surface area contributed by atoms with Crippen molar-refractivity contribution in [2.45, 2.75) is 38.9 Å². The second-order valence-electron chi connectivity index (χ2n) is 8.56. The van der Waals surface area contributed by atoms with Crippen molar-refractivity contribution in [3.63, 3.8) is 0 Å². The monoisotopic (exact) mass is 427 g/mol. The van der Waals surface area contributed by atoms with E-state index in [-0.39, 0.29) is 6.04 Å². The molecule has 1 aliphatic heterocycles. The van der Waals surface area contributed by atoms with Gasteiger partial charge in [0.1, 0.15) is 0 Å². The van der Waals surface area contributed by atoms with Crippen molar-refractivity contribution in [2.24, 2.45) is 0 Å². The average molecular weight is 428 g/mol. The predicted octanol–water partition coefficient (Wildman–Crippen LogP) is 4.46. The lowest BCUT2D eigenvalue weighted by Crippen LogP contribution is -2.23. The van der Waals surface area contributed by atoms with E-state index in [0.717, 1.165) is 36.5 Å². The largest absolute Gasteiger partial charge is 0.364 e. The Balaban J connectivity index is 1.39. The van der Waals surface area contributed by atoms with E-state index in [1.54, 1.807) is 0 Å². The summed E-state index contributed by atoms with van der Waals surface area (Å²) >= 11 is 0. The number of imidazole rings is 1. The molecule has 0 amide bonds. The summed E-state index contributed by atoms with van der Waals surface area (Å²) in [5.74, 6) is 1.41. The van der Waals surface area contributed by atoms with Crippen molar-refractivity contribution in [1.29, 1.82) is 0 Å². The molecule has 5 rings (SSSR count). The van der Waals surface area contributed by atoms with Crippen LogP contribution in [0.2, 0.25) is 0 Å². The van der Waals surface area contributed by atoms with Crippen LogP contribution in [0, 0.1) is 0 Å². The molecular formula is C25H29N7. The lowest BCUT2D eigenvalue weighted by atomic mass is 10.0. The van der Waals surface area contributed by atoms with Crippen LogP contribution in [-0.4, -0.2) is 38.7 Å². The Kier molecular flexibility index (Phi) is 5.73. The fourth-order valence-corrected chi connectivity index (χ4v) is 4.07. The molecule has 1 aliphatic rings. The van der Waals surface area contributed by atoms with E-state index >= 15 is 0 Å². The maximum absolute atomic E-state index is 4.79. The molecule has 32 heavy (non-hydrogen) atoms. The van der Waals surface area contributed by atoms with Crippen LogP contribution in [-0.2, 0) is 6.54 Å². The third-order valence-electron chi connectivity index (χ3n) is 5.89. The van der Waals surface area contributed by atoms with Crippen LogP contribution in [0.3, 0.4) is 0 Å². The number of anilines is 2. The van der Waals surface area contributed by atoms with Crippen LogP contribution in [0.5, 0.6) is 0 Å². The smallest absolute Gasteiger partial charge is 0.227 e. The third kappa shape index (κ3) is 4.29. The maximum Gasteiger partial charge on any atom is 0.227 e. The zero-order valence-electron chi connectivity index (χ0n) is 18.5. The summed E-state index contributed by atoms with van der Waals surface area (Å²) in [7, 11) is 0. The number of aromatic nitrogens is 4. The molecule has 4 aromatic rings. The number of benzene rings is 2. The van der Waals surface area contributed by atoms with Gasteiger partial charge in [0.25, 0.3) is 0 Å². The second kappa shape index (κ2) is 8.96. The fourth-order valence-electron chi connectivity index (χ4n) is 4.07. The van der Waals surface area contributed by atoms with Gasteiger partial charge in [0.15, 0.2) is 17.0 Å². The Morgan fingerprint density at radius 1 is 1.03 bits per heavy atom. The van der Waals surface area contributed by atoms with Crippen LogP contribution in [0.4, 0.5) is 11.8 Å². The first-order valence-electron chi connectivity index (χ1n) is 11.3. The molecule has 164 valence electrons. The number of hydrogen-bond acceptors (Lipinski definition) is 6. The summed E-state index contributed by atoms with van der Waals surface area (Å²) in [5.41, 5.74) is 5.28. The quantitative estimate of drug-likeness (QED) is 0.404. The molecule has 0 aliphatic carbocycles. The van der Waals surface area contributed by atoms with Crippen molar-refractivity contribution >= 4 is 22.9 Å². The highest BCUT2D eigenvalue weighted by Crippen LogP contribution is 2.25. The number of nitrogens with zero attached hydrogens (tertiary/aromatic N) is 4. The molecule has 2 aromatic heterocycles. The Morgan fingerprint density at radius 2 is 1.81 bits per heavy atom. The molecule has 0 unspecified atom stereocenters. The van der Waals surface area contributed by atoms with Gasteiger partial charge in [0.2, 0.25) is 5.95 Å². The minimum Gasteiger partial charge on any atom is -0.364 e. The number of fused-ring (bicyclic) bond motifs is 1. The second-order valence-corrected chi connectivity index (χ2v) is 8.56.